The van der Waals surface area contributed by atoms with Gasteiger partial charge in [0.15, 0.2) is 0 Å². The van der Waals surface area contributed by atoms with Crippen molar-refractivity contribution in [3.8, 4) is 0 Å². The zero-order chi connectivity index (χ0) is 12.8. The molecule has 0 aromatic heterocycles. The Labute approximate surface area is 106 Å². The van der Waals surface area contributed by atoms with Crippen molar-refractivity contribution in [3.05, 3.63) is 48.5 Å². The van der Waals surface area contributed by atoms with E-state index < -0.39 is 20.4 Å². The molecule has 1 heterocycles. The van der Waals surface area contributed by atoms with Crippen molar-refractivity contribution in [2.45, 2.75) is 14.7 Å². The number of thiol groups is 1. The van der Waals surface area contributed by atoms with E-state index in [9.17, 15) is 12.6 Å². The number of hydrogen-bond acceptors (Lipinski definition) is 4. The molecule has 1 unspecified atom stereocenters. The number of nitrogens with zero attached hydrogens (tertiary/aromatic N) is 1. The molecular formula is C12H9NO3S2. The van der Waals surface area contributed by atoms with Gasteiger partial charge in [-0.2, -0.15) is 4.36 Å². The van der Waals surface area contributed by atoms with Crippen molar-refractivity contribution in [1.29, 1.82) is 0 Å². The molecule has 2 aromatic carbocycles. The van der Waals surface area contributed by atoms with Gasteiger partial charge >= 0.3 is 0 Å². The molecule has 18 heavy (non-hydrogen) atoms. The normalized spacial score (nSPS) is 20.1. The maximum atomic E-state index is 12.5. The molecule has 3 rings (SSSR count). The van der Waals surface area contributed by atoms with E-state index >= 15 is 0 Å². The summed E-state index contributed by atoms with van der Waals surface area (Å²) >= 11 is 0. The monoisotopic (exact) mass is 279 g/mol. The fraction of sp³-hybridized carbons (Fsp3) is 0. The summed E-state index contributed by atoms with van der Waals surface area (Å²) in [7, 11) is -5.73. The number of hydrogen-bond donors (Lipinski definition) is 1. The van der Waals surface area contributed by atoms with Crippen LogP contribution in [0.2, 0.25) is 0 Å². The lowest BCUT2D eigenvalue weighted by Crippen LogP contribution is -2.03. The van der Waals surface area contributed by atoms with Crippen LogP contribution in [0.1, 0.15) is 0 Å². The molecular weight excluding hydrogens is 270 g/mol. The maximum absolute atomic E-state index is 12.5. The van der Waals surface area contributed by atoms with Gasteiger partial charge in [0.05, 0.1) is 31.0 Å². The molecule has 92 valence electrons. The molecule has 2 aromatic rings. The van der Waals surface area contributed by atoms with Crippen LogP contribution in [0.25, 0.3) is 0 Å². The van der Waals surface area contributed by atoms with Crippen LogP contribution in [0, 0.1) is 0 Å². The van der Waals surface area contributed by atoms with Crippen molar-refractivity contribution in [2.24, 2.45) is 4.36 Å². The van der Waals surface area contributed by atoms with Gasteiger partial charge in [-0.3, -0.25) is 0 Å². The minimum atomic E-state index is -3.65. The predicted octanol–water partition coefficient (Wildman–Crippen LogP) is 2.19. The number of fused-ring (bicyclic) bond motifs is 2. The average molecular weight is 279 g/mol. The Balaban J connectivity index is 2.52. The Kier molecular flexibility index (Phi) is 2.49. The largest absolute Gasteiger partial charge is 0.247 e. The Morgan fingerprint density at radius 3 is 2.28 bits per heavy atom. The van der Waals surface area contributed by atoms with E-state index in [0.717, 1.165) is 0 Å². The lowest BCUT2D eigenvalue weighted by molar-refractivity contribution is 0.594. The highest BCUT2D eigenvalue weighted by Crippen LogP contribution is 2.35. The van der Waals surface area contributed by atoms with Gasteiger partial charge in [-0.05, 0) is 24.3 Å². The predicted molar refractivity (Wildman–Crippen MR) is 68.2 cm³/mol. The van der Waals surface area contributed by atoms with E-state index in [2.05, 4.69) is 4.36 Å². The van der Waals surface area contributed by atoms with Gasteiger partial charge < -0.3 is 0 Å². The summed E-state index contributed by atoms with van der Waals surface area (Å²) in [6.07, 6.45) is 0. The van der Waals surface area contributed by atoms with Crippen LogP contribution < -0.4 is 0 Å². The van der Waals surface area contributed by atoms with E-state index in [1.165, 1.54) is 12.1 Å². The van der Waals surface area contributed by atoms with Gasteiger partial charge in [0.25, 0.3) is 0 Å². The van der Waals surface area contributed by atoms with Gasteiger partial charge in [0.1, 0.15) is 0 Å². The first-order chi connectivity index (χ1) is 8.60. The first-order valence-electron chi connectivity index (χ1n) is 5.23. The van der Waals surface area contributed by atoms with Crippen LogP contribution in [0.5, 0.6) is 0 Å². The molecule has 0 saturated carbocycles. The number of benzene rings is 2. The van der Waals surface area contributed by atoms with Crippen molar-refractivity contribution < 1.29 is 12.6 Å². The molecule has 1 aliphatic rings. The van der Waals surface area contributed by atoms with E-state index in [1.54, 1.807) is 36.4 Å². The van der Waals surface area contributed by atoms with Crippen molar-refractivity contribution in [2.75, 3.05) is 0 Å². The summed E-state index contributed by atoms with van der Waals surface area (Å²) in [5.41, 5.74) is 0.259. The number of sulfone groups is 1. The zero-order valence-electron chi connectivity index (χ0n) is 9.15. The third kappa shape index (κ3) is 1.57. The number of rotatable bonds is 0. The second kappa shape index (κ2) is 3.93. The molecule has 0 saturated heterocycles. The second-order valence-corrected chi connectivity index (χ2v) is 6.93. The first-order valence-corrected chi connectivity index (χ1v) is 7.92. The molecule has 0 aliphatic carbocycles. The van der Waals surface area contributed by atoms with E-state index in [0.29, 0.717) is 0 Å². The fourth-order valence-electron chi connectivity index (χ4n) is 1.88. The fourth-order valence-corrected chi connectivity index (χ4v) is 4.98. The van der Waals surface area contributed by atoms with Gasteiger partial charge in [-0.15, -0.1) is 0 Å². The third-order valence-corrected chi connectivity index (χ3v) is 5.92. The molecule has 1 aliphatic heterocycles. The van der Waals surface area contributed by atoms with Crippen molar-refractivity contribution >= 4 is 26.1 Å². The molecule has 0 spiro atoms. The van der Waals surface area contributed by atoms with Gasteiger partial charge in [0, 0.05) is 0 Å². The zero-order valence-corrected chi connectivity index (χ0v) is 10.9. The number of para-hydroxylation sites is 1. The Bertz CT molecular complexity index is 819. The van der Waals surface area contributed by atoms with E-state index in [4.69, 9.17) is 0 Å². The SMILES string of the molecule is O=[SH]1=Nc2ccccc2S(=O)(=O)c2ccccc21. The van der Waals surface area contributed by atoms with Crippen LogP contribution >= 0.6 is 0 Å². The van der Waals surface area contributed by atoms with Crippen LogP contribution in [0.3, 0.4) is 0 Å². The van der Waals surface area contributed by atoms with Crippen LogP contribution in [-0.2, 0) is 20.4 Å². The summed E-state index contributed by atoms with van der Waals surface area (Å²) < 4.78 is 41.0. The first kappa shape index (κ1) is 11.4. The smallest absolute Gasteiger partial charge is 0.209 e. The van der Waals surface area contributed by atoms with Gasteiger partial charge in [0.2, 0.25) is 9.84 Å². The topological polar surface area (TPSA) is 63.6 Å². The molecule has 0 amide bonds. The van der Waals surface area contributed by atoms with Crippen LogP contribution in [0.4, 0.5) is 5.69 Å². The quantitative estimate of drug-likeness (QED) is 0.642. The van der Waals surface area contributed by atoms with E-state index in [-0.39, 0.29) is 20.4 Å². The second-order valence-electron chi connectivity index (χ2n) is 3.81. The minimum Gasteiger partial charge on any atom is -0.247 e. The van der Waals surface area contributed by atoms with Gasteiger partial charge in [-0.1, -0.05) is 24.3 Å². The Morgan fingerprint density at radius 1 is 0.889 bits per heavy atom. The van der Waals surface area contributed by atoms with Crippen molar-refractivity contribution in [3.63, 3.8) is 0 Å². The van der Waals surface area contributed by atoms with Crippen molar-refractivity contribution in [1.82, 2.24) is 0 Å². The van der Waals surface area contributed by atoms with Crippen LogP contribution in [-0.4, -0.2) is 12.6 Å². The molecule has 1 atom stereocenters. The van der Waals surface area contributed by atoms with Crippen LogP contribution in [0.15, 0.2) is 67.6 Å². The van der Waals surface area contributed by atoms with E-state index in [1.807, 2.05) is 0 Å². The summed E-state index contributed by atoms with van der Waals surface area (Å²) in [4.78, 5) is 0.460. The summed E-state index contributed by atoms with van der Waals surface area (Å²) in [5.74, 6) is 0. The molecule has 4 nitrogen and oxygen atoms in total. The standard InChI is InChI=1S/C12H9NO3S2/c14-17-10-6-2-4-8-12(10)18(15,16)11-7-3-1-5-9(11)13-17/h1-8,17H. The average Bonchev–Trinajstić information content (AvgIpc) is 2.46. The molecule has 0 bridgehead atoms. The van der Waals surface area contributed by atoms with Gasteiger partial charge in [-0.25, -0.2) is 12.6 Å². The molecule has 6 heteroatoms. The minimum absolute atomic E-state index is 0.0832. The lowest BCUT2D eigenvalue weighted by Gasteiger charge is -2.05. The summed E-state index contributed by atoms with van der Waals surface area (Å²) in [5, 5.41) is 0. The summed E-state index contributed by atoms with van der Waals surface area (Å²) in [6.45, 7) is 0. The third-order valence-electron chi connectivity index (χ3n) is 2.71. The Hall–Kier alpha value is -1.66. The lowest BCUT2D eigenvalue weighted by atomic mass is 10.3. The molecule has 0 fully saturated rings. The highest BCUT2D eigenvalue weighted by Gasteiger charge is 2.26. The molecule has 0 radical (unpaired) electrons. The highest BCUT2D eigenvalue weighted by atomic mass is 32.2. The highest BCUT2D eigenvalue weighted by molar-refractivity contribution is 7.92. The summed E-state index contributed by atoms with van der Waals surface area (Å²) in [6, 6.07) is 12.6. The molecule has 0 N–H and O–H groups in total. The maximum Gasteiger partial charge on any atom is 0.209 e. The Morgan fingerprint density at radius 2 is 1.50 bits per heavy atom.